The molecule has 3 nitrogen and oxygen atoms in total. The maximum Gasteiger partial charge on any atom is 0.0286 e. The second-order valence-corrected chi connectivity index (χ2v) is 4.93. The summed E-state index contributed by atoms with van der Waals surface area (Å²) in [5, 5.41) is 5.47. The van der Waals surface area contributed by atoms with E-state index < -0.39 is 0 Å². The van der Waals surface area contributed by atoms with Crippen LogP contribution in [0.15, 0.2) is 0 Å². The molecule has 0 aromatic rings. The third-order valence-electron chi connectivity index (χ3n) is 2.26. The Bertz CT molecular complexity index is 150. The van der Waals surface area contributed by atoms with Gasteiger partial charge in [-0.05, 0) is 26.7 Å². The van der Waals surface area contributed by atoms with Gasteiger partial charge in [-0.3, -0.25) is 5.84 Å². The number of hydrogen-bond donors (Lipinski definition) is 2. The second kappa shape index (κ2) is 3.32. The minimum atomic E-state index is 0.199. The van der Waals surface area contributed by atoms with Gasteiger partial charge in [-0.25, -0.2) is 5.01 Å². The molecule has 0 aromatic heterocycles. The first-order chi connectivity index (χ1) is 5.38. The number of hydrogen-bond acceptors (Lipinski definition) is 3. The molecule has 2 unspecified atom stereocenters. The highest BCUT2D eigenvalue weighted by atomic mass is 15.4. The fourth-order valence-electron chi connectivity index (χ4n) is 1.75. The van der Waals surface area contributed by atoms with E-state index in [2.05, 4.69) is 33.0 Å². The third-order valence-corrected chi connectivity index (χ3v) is 2.26. The molecule has 0 saturated carbocycles. The number of hydrazine groups is 1. The minimum Gasteiger partial charge on any atom is -0.308 e. The molecule has 0 bridgehead atoms. The fourth-order valence-corrected chi connectivity index (χ4v) is 1.75. The largest absolute Gasteiger partial charge is 0.308 e. The topological polar surface area (TPSA) is 41.3 Å². The second-order valence-electron chi connectivity index (χ2n) is 4.93. The van der Waals surface area contributed by atoms with E-state index >= 15 is 0 Å². The number of nitrogens with two attached hydrogens (primary N) is 1. The number of nitrogens with zero attached hydrogens (tertiary/aromatic N) is 1. The smallest absolute Gasteiger partial charge is 0.0286 e. The van der Waals surface area contributed by atoms with E-state index in [9.17, 15) is 0 Å². The van der Waals surface area contributed by atoms with Crippen LogP contribution in [0.2, 0.25) is 0 Å². The zero-order valence-electron chi connectivity index (χ0n) is 8.59. The normalized spacial score (nSPS) is 32.8. The van der Waals surface area contributed by atoms with Gasteiger partial charge in [-0.1, -0.05) is 6.92 Å². The van der Waals surface area contributed by atoms with E-state index in [-0.39, 0.29) is 5.54 Å². The third kappa shape index (κ3) is 2.73. The van der Waals surface area contributed by atoms with Crippen molar-refractivity contribution in [3.05, 3.63) is 0 Å². The molecule has 2 atom stereocenters. The molecule has 12 heavy (non-hydrogen) atoms. The Hall–Kier alpha value is -0.120. The molecule has 1 fully saturated rings. The van der Waals surface area contributed by atoms with E-state index in [1.54, 1.807) is 0 Å². The maximum absolute atomic E-state index is 5.73. The molecule has 1 heterocycles. The lowest BCUT2D eigenvalue weighted by Crippen LogP contribution is -2.47. The molecule has 3 N–H and O–H groups in total. The summed E-state index contributed by atoms with van der Waals surface area (Å²) in [6, 6.07) is 0.551. The highest BCUT2D eigenvalue weighted by Crippen LogP contribution is 2.15. The van der Waals surface area contributed by atoms with Crippen molar-refractivity contribution in [2.45, 2.75) is 39.3 Å². The van der Waals surface area contributed by atoms with E-state index in [0.717, 1.165) is 13.1 Å². The van der Waals surface area contributed by atoms with E-state index in [0.29, 0.717) is 12.0 Å². The Labute approximate surface area is 75.3 Å². The molecule has 1 saturated heterocycles. The van der Waals surface area contributed by atoms with Crippen LogP contribution in [-0.2, 0) is 0 Å². The summed E-state index contributed by atoms with van der Waals surface area (Å²) in [5.74, 6) is 6.39. The minimum absolute atomic E-state index is 0.199. The van der Waals surface area contributed by atoms with Crippen molar-refractivity contribution in [3.8, 4) is 0 Å². The van der Waals surface area contributed by atoms with E-state index in [1.165, 1.54) is 0 Å². The molecule has 0 amide bonds. The SMILES string of the molecule is CC1CN(N)CC1NC(C)(C)C. The van der Waals surface area contributed by atoms with Crippen molar-refractivity contribution in [1.29, 1.82) is 0 Å². The molecule has 72 valence electrons. The molecule has 0 aliphatic carbocycles. The number of rotatable bonds is 1. The maximum atomic E-state index is 5.73. The predicted molar refractivity (Wildman–Crippen MR) is 51.6 cm³/mol. The predicted octanol–water partition coefficient (Wildman–Crippen LogP) is 0.569. The first-order valence-corrected chi connectivity index (χ1v) is 4.66. The average molecular weight is 171 g/mol. The highest BCUT2D eigenvalue weighted by Gasteiger charge is 2.30. The highest BCUT2D eigenvalue weighted by molar-refractivity contribution is 4.88. The van der Waals surface area contributed by atoms with Gasteiger partial charge in [0.05, 0.1) is 0 Å². The molecule has 3 heteroatoms. The average Bonchev–Trinajstić information content (AvgIpc) is 2.06. The standard InChI is InChI=1S/C9H21N3/c1-7-5-12(10)6-8(7)11-9(2,3)4/h7-8,11H,5-6,10H2,1-4H3. The zero-order valence-corrected chi connectivity index (χ0v) is 8.59. The van der Waals surface area contributed by atoms with Gasteiger partial charge in [-0.2, -0.15) is 0 Å². The van der Waals surface area contributed by atoms with Crippen LogP contribution in [0.4, 0.5) is 0 Å². The summed E-state index contributed by atoms with van der Waals surface area (Å²) >= 11 is 0. The molecule has 1 aliphatic heterocycles. The van der Waals surface area contributed by atoms with Crippen LogP contribution >= 0.6 is 0 Å². The molecule has 1 rings (SSSR count). The van der Waals surface area contributed by atoms with Gasteiger partial charge in [-0.15, -0.1) is 0 Å². The first-order valence-electron chi connectivity index (χ1n) is 4.66. The van der Waals surface area contributed by atoms with Gasteiger partial charge in [0.2, 0.25) is 0 Å². The van der Waals surface area contributed by atoms with E-state index in [1.807, 2.05) is 5.01 Å². The van der Waals surface area contributed by atoms with Gasteiger partial charge < -0.3 is 5.32 Å². The first kappa shape index (κ1) is 9.96. The van der Waals surface area contributed by atoms with Crippen LogP contribution in [-0.4, -0.2) is 29.7 Å². The quantitative estimate of drug-likeness (QED) is 0.567. The van der Waals surface area contributed by atoms with Crippen molar-refractivity contribution in [2.24, 2.45) is 11.8 Å². The van der Waals surface area contributed by atoms with Crippen LogP contribution < -0.4 is 11.2 Å². The Morgan fingerprint density at radius 1 is 1.33 bits per heavy atom. The van der Waals surface area contributed by atoms with E-state index in [4.69, 9.17) is 5.84 Å². The van der Waals surface area contributed by atoms with Crippen LogP contribution in [0.25, 0.3) is 0 Å². The Kier molecular flexibility index (Phi) is 2.76. The van der Waals surface area contributed by atoms with Crippen LogP contribution in [0.3, 0.4) is 0 Å². The van der Waals surface area contributed by atoms with Crippen molar-refractivity contribution >= 4 is 0 Å². The summed E-state index contributed by atoms with van der Waals surface area (Å²) in [6.45, 7) is 10.8. The van der Waals surface area contributed by atoms with Crippen LogP contribution in [0.1, 0.15) is 27.7 Å². The lowest BCUT2D eigenvalue weighted by Gasteiger charge is -2.27. The molecule has 0 aromatic carbocycles. The molecule has 0 spiro atoms. The van der Waals surface area contributed by atoms with Crippen molar-refractivity contribution in [1.82, 2.24) is 10.3 Å². The lowest BCUT2D eigenvalue weighted by molar-refractivity contribution is 0.313. The summed E-state index contributed by atoms with van der Waals surface area (Å²) in [4.78, 5) is 0. The van der Waals surface area contributed by atoms with Crippen LogP contribution in [0.5, 0.6) is 0 Å². The van der Waals surface area contributed by atoms with Gasteiger partial charge in [0.1, 0.15) is 0 Å². The molecular formula is C9H21N3. The van der Waals surface area contributed by atoms with Crippen LogP contribution in [0, 0.1) is 5.92 Å². The monoisotopic (exact) mass is 171 g/mol. The fraction of sp³-hybridized carbons (Fsp3) is 1.00. The van der Waals surface area contributed by atoms with Gasteiger partial charge in [0.25, 0.3) is 0 Å². The summed E-state index contributed by atoms with van der Waals surface area (Å²) in [7, 11) is 0. The molecule has 1 aliphatic rings. The van der Waals surface area contributed by atoms with Crippen molar-refractivity contribution < 1.29 is 0 Å². The van der Waals surface area contributed by atoms with Gasteiger partial charge in [0.15, 0.2) is 0 Å². The van der Waals surface area contributed by atoms with Crippen molar-refractivity contribution in [3.63, 3.8) is 0 Å². The summed E-state index contributed by atoms with van der Waals surface area (Å²) in [5.41, 5.74) is 0.199. The zero-order chi connectivity index (χ0) is 9.35. The Balaban J connectivity index is 2.43. The Morgan fingerprint density at radius 2 is 1.92 bits per heavy atom. The molecule has 0 radical (unpaired) electrons. The summed E-state index contributed by atoms with van der Waals surface area (Å²) in [6.07, 6.45) is 0. The summed E-state index contributed by atoms with van der Waals surface area (Å²) < 4.78 is 0. The van der Waals surface area contributed by atoms with Gasteiger partial charge in [0, 0.05) is 24.7 Å². The van der Waals surface area contributed by atoms with Gasteiger partial charge >= 0.3 is 0 Å². The molecular weight excluding hydrogens is 150 g/mol. The lowest BCUT2D eigenvalue weighted by atomic mass is 10.0. The number of nitrogens with one attached hydrogen (secondary N) is 1. The van der Waals surface area contributed by atoms with Crippen molar-refractivity contribution in [2.75, 3.05) is 13.1 Å². The Morgan fingerprint density at radius 3 is 2.25 bits per heavy atom.